The first-order valence-electron chi connectivity index (χ1n) is 5.70. The van der Waals surface area contributed by atoms with Crippen molar-refractivity contribution in [2.45, 2.75) is 58.2 Å². The lowest BCUT2D eigenvalue weighted by molar-refractivity contribution is 0.0495. The number of hydrogen-bond acceptors (Lipinski definition) is 1. The first kappa shape index (κ1) is 8.28. The molecule has 1 heterocycles. The SMILES string of the molecule is CC1(C)C[C@H]2CC[C@@H]1C[C@H]1O[C@@]21C. The summed E-state index contributed by atoms with van der Waals surface area (Å²) in [6.07, 6.45) is 6.21. The molecule has 1 nitrogen and oxygen atoms in total. The van der Waals surface area contributed by atoms with E-state index in [1.165, 1.54) is 25.7 Å². The van der Waals surface area contributed by atoms with Crippen molar-refractivity contribution < 1.29 is 4.74 Å². The Bertz CT molecular complexity index is 246. The molecule has 3 aliphatic carbocycles. The van der Waals surface area contributed by atoms with Gasteiger partial charge in [-0.25, -0.2) is 0 Å². The van der Waals surface area contributed by atoms with Crippen molar-refractivity contribution in [1.82, 2.24) is 0 Å². The standard InChI is InChI=1S/C12H20O/c1-11(2)7-9-5-4-8(11)6-10-12(9,3)13-10/h8-10H,4-7H2,1-3H3/t8-,9-,10-,12+/m1/s1. The third-order valence-electron chi connectivity index (χ3n) is 5.03. The van der Waals surface area contributed by atoms with Crippen LogP contribution in [0.1, 0.15) is 46.5 Å². The predicted octanol–water partition coefficient (Wildman–Crippen LogP) is 2.99. The van der Waals surface area contributed by atoms with Crippen LogP contribution < -0.4 is 0 Å². The summed E-state index contributed by atoms with van der Waals surface area (Å²) in [5.74, 6) is 1.78. The zero-order valence-electron chi connectivity index (χ0n) is 8.97. The van der Waals surface area contributed by atoms with Crippen molar-refractivity contribution >= 4 is 0 Å². The quantitative estimate of drug-likeness (QED) is 0.522. The Morgan fingerprint density at radius 2 is 1.77 bits per heavy atom. The van der Waals surface area contributed by atoms with Crippen LogP contribution in [0.2, 0.25) is 0 Å². The second kappa shape index (κ2) is 2.13. The molecular formula is C12H20O. The average molecular weight is 180 g/mol. The van der Waals surface area contributed by atoms with E-state index < -0.39 is 0 Å². The minimum Gasteiger partial charge on any atom is -0.366 e. The number of ether oxygens (including phenoxy) is 1. The molecule has 1 saturated heterocycles. The molecule has 3 saturated carbocycles. The third kappa shape index (κ3) is 0.971. The molecule has 13 heavy (non-hydrogen) atoms. The Balaban J connectivity index is 1.95. The number of fused-ring (bicyclic) bond motifs is 2. The number of epoxide rings is 1. The molecule has 1 aliphatic heterocycles. The third-order valence-corrected chi connectivity index (χ3v) is 5.03. The van der Waals surface area contributed by atoms with Crippen molar-refractivity contribution in [3.63, 3.8) is 0 Å². The Morgan fingerprint density at radius 1 is 1.08 bits per heavy atom. The molecule has 4 fully saturated rings. The van der Waals surface area contributed by atoms with E-state index in [0.717, 1.165) is 11.8 Å². The van der Waals surface area contributed by atoms with E-state index >= 15 is 0 Å². The molecule has 4 rings (SSSR count). The van der Waals surface area contributed by atoms with Crippen LogP contribution in [-0.4, -0.2) is 11.7 Å². The van der Waals surface area contributed by atoms with E-state index in [4.69, 9.17) is 4.74 Å². The van der Waals surface area contributed by atoms with Gasteiger partial charge in [-0.3, -0.25) is 0 Å². The van der Waals surface area contributed by atoms with Crippen LogP contribution in [0.25, 0.3) is 0 Å². The molecule has 0 amide bonds. The van der Waals surface area contributed by atoms with Gasteiger partial charge < -0.3 is 4.74 Å². The van der Waals surface area contributed by atoms with Crippen LogP contribution in [0.15, 0.2) is 0 Å². The minimum absolute atomic E-state index is 0.294. The van der Waals surface area contributed by atoms with Crippen molar-refractivity contribution in [2.24, 2.45) is 17.3 Å². The van der Waals surface area contributed by atoms with Crippen molar-refractivity contribution in [2.75, 3.05) is 0 Å². The van der Waals surface area contributed by atoms with E-state index in [1.807, 2.05) is 0 Å². The second-order valence-corrected chi connectivity index (χ2v) is 6.19. The molecule has 0 unspecified atom stereocenters. The fraction of sp³-hybridized carbons (Fsp3) is 1.00. The van der Waals surface area contributed by atoms with Gasteiger partial charge in [-0.15, -0.1) is 0 Å². The van der Waals surface area contributed by atoms with Crippen molar-refractivity contribution in [3.05, 3.63) is 0 Å². The molecule has 74 valence electrons. The van der Waals surface area contributed by atoms with Gasteiger partial charge in [-0.2, -0.15) is 0 Å². The highest BCUT2D eigenvalue weighted by Crippen LogP contribution is 2.61. The lowest BCUT2D eigenvalue weighted by Crippen LogP contribution is -2.34. The van der Waals surface area contributed by atoms with Crippen molar-refractivity contribution in [3.8, 4) is 0 Å². The van der Waals surface area contributed by atoms with Gasteiger partial charge in [0.2, 0.25) is 0 Å². The summed E-state index contributed by atoms with van der Waals surface area (Å²) < 4.78 is 5.87. The van der Waals surface area contributed by atoms with Crippen molar-refractivity contribution in [1.29, 1.82) is 0 Å². The van der Waals surface area contributed by atoms with Gasteiger partial charge in [0, 0.05) is 0 Å². The van der Waals surface area contributed by atoms with E-state index in [9.17, 15) is 0 Å². The molecule has 0 aromatic rings. The topological polar surface area (TPSA) is 12.5 Å². The van der Waals surface area contributed by atoms with Crippen LogP contribution in [0.5, 0.6) is 0 Å². The van der Waals surface area contributed by atoms with Gasteiger partial charge in [-0.05, 0) is 49.9 Å². The zero-order chi connectivity index (χ0) is 9.27. The fourth-order valence-electron chi connectivity index (χ4n) is 3.80. The first-order valence-corrected chi connectivity index (χ1v) is 5.70. The normalized spacial score (nSPS) is 57.0. The molecule has 4 aliphatic rings. The van der Waals surface area contributed by atoms with E-state index in [2.05, 4.69) is 20.8 Å². The molecule has 0 aromatic carbocycles. The zero-order valence-corrected chi connectivity index (χ0v) is 8.97. The molecule has 0 aromatic heterocycles. The predicted molar refractivity (Wildman–Crippen MR) is 52.5 cm³/mol. The monoisotopic (exact) mass is 180 g/mol. The van der Waals surface area contributed by atoms with Gasteiger partial charge in [0.05, 0.1) is 11.7 Å². The van der Waals surface area contributed by atoms with Crippen LogP contribution in [0.4, 0.5) is 0 Å². The summed E-state index contributed by atoms with van der Waals surface area (Å²) in [5, 5.41) is 0. The van der Waals surface area contributed by atoms with Gasteiger partial charge in [0.15, 0.2) is 0 Å². The van der Waals surface area contributed by atoms with Crippen LogP contribution >= 0.6 is 0 Å². The van der Waals surface area contributed by atoms with Crippen LogP contribution in [0, 0.1) is 17.3 Å². The summed E-state index contributed by atoms with van der Waals surface area (Å²) in [7, 11) is 0. The highest BCUT2D eigenvalue weighted by atomic mass is 16.6. The Labute approximate surface area is 80.8 Å². The molecule has 4 atom stereocenters. The second-order valence-electron chi connectivity index (χ2n) is 6.19. The fourth-order valence-corrected chi connectivity index (χ4v) is 3.80. The van der Waals surface area contributed by atoms with Gasteiger partial charge in [0.1, 0.15) is 0 Å². The smallest absolute Gasteiger partial charge is 0.0948 e. The summed E-state index contributed by atoms with van der Waals surface area (Å²) >= 11 is 0. The summed E-state index contributed by atoms with van der Waals surface area (Å²) in [6.45, 7) is 7.25. The van der Waals surface area contributed by atoms with Gasteiger partial charge in [0.25, 0.3) is 0 Å². The molecule has 0 radical (unpaired) electrons. The van der Waals surface area contributed by atoms with Crippen LogP contribution in [-0.2, 0) is 4.74 Å². The molecule has 0 N–H and O–H groups in total. The van der Waals surface area contributed by atoms with Crippen LogP contribution in [0.3, 0.4) is 0 Å². The van der Waals surface area contributed by atoms with E-state index in [-0.39, 0.29) is 0 Å². The number of hydrogen-bond donors (Lipinski definition) is 0. The first-order chi connectivity index (χ1) is 6.02. The molecule has 0 spiro atoms. The Morgan fingerprint density at radius 3 is 2.46 bits per heavy atom. The van der Waals surface area contributed by atoms with E-state index in [1.54, 1.807) is 0 Å². The Kier molecular flexibility index (Phi) is 1.36. The van der Waals surface area contributed by atoms with Gasteiger partial charge in [-0.1, -0.05) is 13.8 Å². The summed E-state index contributed by atoms with van der Waals surface area (Å²) in [4.78, 5) is 0. The molecule has 1 heteroatoms. The summed E-state index contributed by atoms with van der Waals surface area (Å²) in [6, 6.07) is 0. The highest BCUT2D eigenvalue weighted by Gasteiger charge is 2.63. The summed E-state index contributed by atoms with van der Waals surface area (Å²) in [5.41, 5.74) is 0.880. The molecular weight excluding hydrogens is 160 g/mol. The molecule has 2 bridgehead atoms. The van der Waals surface area contributed by atoms with E-state index in [0.29, 0.717) is 17.1 Å². The average Bonchev–Trinajstić information content (AvgIpc) is 2.67. The lowest BCUT2D eigenvalue weighted by atomic mass is 9.65. The Hall–Kier alpha value is -0.0400. The maximum absolute atomic E-state index is 5.87. The minimum atomic E-state index is 0.294. The largest absolute Gasteiger partial charge is 0.366 e. The maximum atomic E-state index is 5.87. The van der Waals surface area contributed by atoms with Gasteiger partial charge >= 0.3 is 0 Å². The highest BCUT2D eigenvalue weighted by molar-refractivity contribution is 5.11. The number of rotatable bonds is 0. The lowest BCUT2D eigenvalue weighted by Gasteiger charge is -2.41. The maximum Gasteiger partial charge on any atom is 0.0948 e.